The predicted octanol–water partition coefficient (Wildman–Crippen LogP) is 4.46. The molecule has 2 N–H and O–H groups in total. The molecule has 0 aliphatic heterocycles. The van der Waals surface area contributed by atoms with Gasteiger partial charge in [0.1, 0.15) is 11.5 Å². The van der Waals surface area contributed by atoms with E-state index in [1.165, 1.54) is 6.07 Å². The number of rotatable bonds is 2. The number of aryl methyl sites for hydroxylation is 1. The van der Waals surface area contributed by atoms with Crippen LogP contribution in [0.4, 0.5) is 19.0 Å². The van der Waals surface area contributed by atoms with Gasteiger partial charge in [-0.15, -0.1) is 0 Å². The highest BCUT2D eigenvalue weighted by Gasteiger charge is 2.32. The van der Waals surface area contributed by atoms with Crippen LogP contribution in [0.15, 0.2) is 42.5 Å². The number of anilines is 1. The Labute approximate surface area is 131 Å². The number of halogens is 3. The van der Waals surface area contributed by atoms with Crippen LogP contribution in [-0.4, -0.2) is 9.97 Å². The Morgan fingerprint density at radius 2 is 1.74 bits per heavy atom. The summed E-state index contributed by atoms with van der Waals surface area (Å²) in [7, 11) is 0. The van der Waals surface area contributed by atoms with Gasteiger partial charge in [-0.1, -0.05) is 31.2 Å². The van der Waals surface area contributed by atoms with Crippen molar-refractivity contribution in [3.8, 4) is 11.1 Å². The van der Waals surface area contributed by atoms with Gasteiger partial charge in [0.25, 0.3) is 0 Å². The lowest BCUT2D eigenvalue weighted by Crippen LogP contribution is -2.08. The van der Waals surface area contributed by atoms with Gasteiger partial charge in [0.05, 0.1) is 11.2 Å². The van der Waals surface area contributed by atoms with Gasteiger partial charge in [0.15, 0.2) is 0 Å². The first-order chi connectivity index (χ1) is 10.9. The maximum atomic E-state index is 13.0. The van der Waals surface area contributed by atoms with E-state index >= 15 is 0 Å². The number of para-hydroxylation sites is 1. The number of alkyl halides is 3. The monoisotopic (exact) mass is 317 g/mol. The van der Waals surface area contributed by atoms with Crippen LogP contribution in [0.1, 0.15) is 18.3 Å². The molecule has 3 nitrogen and oxygen atoms in total. The van der Waals surface area contributed by atoms with Crippen molar-refractivity contribution in [2.75, 3.05) is 5.73 Å². The molecule has 0 unspecified atom stereocenters. The predicted molar refractivity (Wildman–Crippen MR) is 83.8 cm³/mol. The van der Waals surface area contributed by atoms with E-state index in [9.17, 15) is 13.2 Å². The summed E-state index contributed by atoms with van der Waals surface area (Å²) < 4.78 is 38.9. The second-order valence-corrected chi connectivity index (χ2v) is 5.16. The van der Waals surface area contributed by atoms with Gasteiger partial charge < -0.3 is 5.73 Å². The lowest BCUT2D eigenvalue weighted by atomic mass is 9.99. The van der Waals surface area contributed by atoms with E-state index in [1.54, 1.807) is 30.3 Å². The molecule has 6 heteroatoms. The maximum absolute atomic E-state index is 13.0. The van der Waals surface area contributed by atoms with Gasteiger partial charge in [0, 0.05) is 16.5 Å². The lowest BCUT2D eigenvalue weighted by Gasteiger charge is -2.12. The number of hydrogen-bond acceptors (Lipinski definition) is 3. The quantitative estimate of drug-likeness (QED) is 0.759. The van der Waals surface area contributed by atoms with E-state index in [0.717, 1.165) is 17.3 Å². The number of pyridine rings is 2. The zero-order valence-corrected chi connectivity index (χ0v) is 12.4. The van der Waals surface area contributed by atoms with Crippen molar-refractivity contribution in [3.05, 3.63) is 53.9 Å². The van der Waals surface area contributed by atoms with Crippen molar-refractivity contribution < 1.29 is 13.2 Å². The summed E-state index contributed by atoms with van der Waals surface area (Å²) in [5, 5.41) is 0.648. The zero-order chi connectivity index (χ0) is 16.6. The fourth-order valence-electron chi connectivity index (χ4n) is 2.56. The first kappa shape index (κ1) is 15.3. The minimum Gasteiger partial charge on any atom is -0.384 e. The van der Waals surface area contributed by atoms with Crippen LogP contribution in [0.3, 0.4) is 0 Å². The summed E-state index contributed by atoms with van der Waals surface area (Å²) in [6.45, 7) is 1.92. The number of nitrogens with zero attached hydrogens (tertiary/aromatic N) is 2. The fraction of sp³-hybridized carbons (Fsp3) is 0.176. The van der Waals surface area contributed by atoms with Crippen LogP contribution in [0.5, 0.6) is 0 Å². The van der Waals surface area contributed by atoms with Crippen LogP contribution in [0, 0.1) is 0 Å². The van der Waals surface area contributed by atoms with Crippen molar-refractivity contribution in [3.63, 3.8) is 0 Å². The van der Waals surface area contributed by atoms with Gasteiger partial charge in [-0.2, -0.15) is 13.2 Å². The van der Waals surface area contributed by atoms with E-state index < -0.39 is 11.9 Å². The Morgan fingerprint density at radius 1 is 0.957 bits per heavy atom. The molecule has 0 aliphatic rings. The van der Waals surface area contributed by atoms with Crippen molar-refractivity contribution >= 4 is 16.7 Å². The molecule has 2 heterocycles. The standard InChI is InChI=1S/C17H14F3N3/c1-2-13-11(7-9-15(21)22-13)12-5-3-4-10-6-8-14(17(18,19)20)23-16(10)12/h3-9H,2H2,1H3,(H2,21,22). The summed E-state index contributed by atoms with van der Waals surface area (Å²) in [4.78, 5) is 8.11. The molecule has 118 valence electrons. The summed E-state index contributed by atoms with van der Waals surface area (Å²) in [5.41, 5.74) is 7.21. The molecule has 0 amide bonds. The van der Waals surface area contributed by atoms with Crippen molar-refractivity contribution in [2.24, 2.45) is 0 Å². The minimum atomic E-state index is -4.48. The van der Waals surface area contributed by atoms with E-state index in [-0.39, 0.29) is 0 Å². The number of benzene rings is 1. The van der Waals surface area contributed by atoms with E-state index in [1.807, 2.05) is 6.92 Å². The van der Waals surface area contributed by atoms with Crippen LogP contribution in [0.25, 0.3) is 22.0 Å². The van der Waals surface area contributed by atoms with E-state index in [2.05, 4.69) is 9.97 Å². The number of hydrogen-bond donors (Lipinski definition) is 1. The number of nitrogens with two attached hydrogens (primary N) is 1. The van der Waals surface area contributed by atoms with Gasteiger partial charge in [-0.3, -0.25) is 0 Å². The largest absolute Gasteiger partial charge is 0.433 e. The number of aromatic nitrogens is 2. The van der Waals surface area contributed by atoms with Gasteiger partial charge in [-0.05, 0) is 24.6 Å². The average Bonchev–Trinajstić information content (AvgIpc) is 2.53. The molecule has 0 saturated carbocycles. The Balaban J connectivity index is 2.29. The summed E-state index contributed by atoms with van der Waals surface area (Å²) >= 11 is 0. The third-order valence-electron chi connectivity index (χ3n) is 3.63. The second-order valence-electron chi connectivity index (χ2n) is 5.16. The molecule has 3 rings (SSSR count). The fourth-order valence-corrected chi connectivity index (χ4v) is 2.56. The third-order valence-corrected chi connectivity index (χ3v) is 3.63. The highest BCUT2D eigenvalue weighted by Crippen LogP contribution is 2.33. The van der Waals surface area contributed by atoms with Gasteiger partial charge in [0.2, 0.25) is 0 Å². The molecule has 0 bridgehead atoms. The van der Waals surface area contributed by atoms with Crippen molar-refractivity contribution in [1.29, 1.82) is 0 Å². The molecule has 2 aromatic heterocycles. The molecule has 1 aromatic carbocycles. The molecular formula is C17H14F3N3. The van der Waals surface area contributed by atoms with Crippen molar-refractivity contribution in [1.82, 2.24) is 9.97 Å². The molecule has 0 saturated heterocycles. The second kappa shape index (κ2) is 5.53. The molecule has 0 fully saturated rings. The number of fused-ring (bicyclic) bond motifs is 1. The van der Waals surface area contributed by atoms with E-state index in [4.69, 9.17) is 5.73 Å². The first-order valence-electron chi connectivity index (χ1n) is 7.13. The minimum absolute atomic E-state index is 0.309. The van der Waals surface area contributed by atoms with Crippen molar-refractivity contribution in [2.45, 2.75) is 19.5 Å². The summed E-state index contributed by atoms with van der Waals surface area (Å²) in [6.07, 6.45) is -3.86. The molecule has 23 heavy (non-hydrogen) atoms. The molecular weight excluding hydrogens is 303 g/mol. The smallest absolute Gasteiger partial charge is 0.384 e. The number of nitrogen functional groups attached to an aromatic ring is 1. The Bertz CT molecular complexity index is 873. The molecule has 0 spiro atoms. The highest BCUT2D eigenvalue weighted by molar-refractivity contribution is 5.94. The van der Waals surface area contributed by atoms with Crippen LogP contribution >= 0.6 is 0 Å². The molecule has 3 aromatic rings. The SMILES string of the molecule is CCc1nc(N)ccc1-c1cccc2ccc(C(F)(F)F)nc12. The Morgan fingerprint density at radius 3 is 2.43 bits per heavy atom. The van der Waals surface area contributed by atoms with Crippen LogP contribution in [0.2, 0.25) is 0 Å². The average molecular weight is 317 g/mol. The normalized spacial score (nSPS) is 11.8. The Hall–Kier alpha value is -2.63. The lowest BCUT2D eigenvalue weighted by molar-refractivity contribution is -0.140. The molecule has 0 aliphatic carbocycles. The highest BCUT2D eigenvalue weighted by atomic mass is 19.4. The van der Waals surface area contributed by atoms with E-state index in [0.29, 0.717) is 28.7 Å². The molecule has 0 radical (unpaired) electrons. The molecule has 0 atom stereocenters. The topological polar surface area (TPSA) is 51.8 Å². The zero-order valence-electron chi connectivity index (χ0n) is 12.4. The van der Waals surface area contributed by atoms with Crippen LogP contribution < -0.4 is 5.73 Å². The maximum Gasteiger partial charge on any atom is 0.433 e. The van der Waals surface area contributed by atoms with Gasteiger partial charge in [-0.25, -0.2) is 9.97 Å². The first-order valence-corrected chi connectivity index (χ1v) is 7.13. The van der Waals surface area contributed by atoms with Gasteiger partial charge >= 0.3 is 6.18 Å². The Kier molecular flexibility index (Phi) is 3.67. The van der Waals surface area contributed by atoms with Crippen LogP contribution in [-0.2, 0) is 12.6 Å². The summed E-state index contributed by atoms with van der Waals surface area (Å²) in [5.74, 6) is 0.384. The summed E-state index contributed by atoms with van der Waals surface area (Å²) in [6, 6.07) is 11.1. The third kappa shape index (κ3) is 2.84.